The third-order valence-electron chi connectivity index (χ3n) is 1.82. The van der Waals surface area contributed by atoms with Crippen molar-refractivity contribution in [3.63, 3.8) is 0 Å². The summed E-state index contributed by atoms with van der Waals surface area (Å²) in [5.41, 5.74) is 2.63. The molecule has 0 bridgehead atoms. The van der Waals surface area contributed by atoms with E-state index < -0.39 is 0 Å². The molecular formula is C9H13NO2. The predicted octanol–water partition coefficient (Wildman–Crippen LogP) is 1.60. The van der Waals surface area contributed by atoms with Crippen LogP contribution in [0.2, 0.25) is 0 Å². The van der Waals surface area contributed by atoms with Gasteiger partial charge in [0.15, 0.2) is 0 Å². The average molecular weight is 167 g/mol. The van der Waals surface area contributed by atoms with Gasteiger partial charge in [0.05, 0.1) is 6.04 Å². The second-order valence-electron chi connectivity index (χ2n) is 2.78. The minimum Gasteiger partial charge on any atom is -0.439 e. The smallest absolute Gasteiger partial charge is 0.408 e. The Morgan fingerprint density at radius 1 is 1.83 bits per heavy atom. The molecule has 1 fully saturated rings. The van der Waals surface area contributed by atoms with Gasteiger partial charge in [-0.05, 0) is 12.5 Å². The van der Waals surface area contributed by atoms with Crippen molar-refractivity contribution in [1.29, 1.82) is 0 Å². The third-order valence-corrected chi connectivity index (χ3v) is 1.82. The van der Waals surface area contributed by atoms with Crippen LogP contribution in [0.5, 0.6) is 0 Å². The summed E-state index contributed by atoms with van der Waals surface area (Å²) in [6.45, 7) is 5.51. The van der Waals surface area contributed by atoms with Gasteiger partial charge < -0.3 is 10.1 Å². The number of hydrogen-bond acceptors (Lipinski definition) is 2. The first-order chi connectivity index (χ1) is 5.77. The van der Waals surface area contributed by atoms with Crippen LogP contribution < -0.4 is 5.32 Å². The highest BCUT2D eigenvalue weighted by Gasteiger charge is 2.30. The first-order valence-corrected chi connectivity index (χ1v) is 4.11. The molecule has 0 spiro atoms. The highest BCUT2D eigenvalue weighted by atomic mass is 16.6. The molecule has 0 saturated carbocycles. The van der Waals surface area contributed by atoms with Crippen LogP contribution in [0.1, 0.15) is 19.8 Å². The molecule has 1 amide bonds. The number of nitrogens with one attached hydrogen (secondary N) is 1. The molecule has 0 aromatic carbocycles. The van der Waals surface area contributed by atoms with E-state index in [9.17, 15) is 4.79 Å². The van der Waals surface area contributed by atoms with E-state index in [0.29, 0.717) is 0 Å². The lowest BCUT2D eigenvalue weighted by Gasteiger charge is -2.10. The van der Waals surface area contributed by atoms with Crippen LogP contribution in [0.25, 0.3) is 0 Å². The molecular weight excluding hydrogens is 154 g/mol. The Bertz CT molecular complexity index is 219. The maximum atomic E-state index is 10.8. The Hall–Kier alpha value is -1.21. The van der Waals surface area contributed by atoms with Crippen LogP contribution in [0, 0.1) is 0 Å². The summed E-state index contributed by atoms with van der Waals surface area (Å²) >= 11 is 0. The number of hydrogen-bond donors (Lipinski definition) is 1. The molecule has 0 aliphatic carbocycles. The molecule has 0 aromatic heterocycles. The number of amides is 1. The van der Waals surface area contributed by atoms with Crippen molar-refractivity contribution in [2.45, 2.75) is 31.9 Å². The molecule has 1 rings (SSSR count). The highest BCUT2D eigenvalue weighted by Crippen LogP contribution is 2.14. The van der Waals surface area contributed by atoms with Crippen LogP contribution in [0.15, 0.2) is 18.4 Å². The topological polar surface area (TPSA) is 38.3 Å². The molecule has 2 atom stereocenters. The molecule has 1 heterocycles. The van der Waals surface area contributed by atoms with Gasteiger partial charge in [-0.25, -0.2) is 4.79 Å². The highest BCUT2D eigenvalue weighted by molar-refractivity contribution is 5.70. The Morgan fingerprint density at radius 3 is 3.17 bits per heavy atom. The molecule has 1 aliphatic heterocycles. The largest absolute Gasteiger partial charge is 0.439 e. The molecule has 3 nitrogen and oxygen atoms in total. The fourth-order valence-corrected chi connectivity index (χ4v) is 1.29. The normalized spacial score (nSPS) is 27.2. The number of carbonyl (C=O) groups excluding carboxylic acids is 1. The quantitative estimate of drug-likeness (QED) is 0.648. The lowest BCUT2D eigenvalue weighted by molar-refractivity contribution is 0.152. The molecule has 0 radical (unpaired) electrons. The molecule has 3 heteroatoms. The second kappa shape index (κ2) is 3.98. The van der Waals surface area contributed by atoms with Crippen molar-refractivity contribution in [2.75, 3.05) is 0 Å². The zero-order valence-corrected chi connectivity index (χ0v) is 7.17. The van der Waals surface area contributed by atoms with Gasteiger partial charge in [-0.1, -0.05) is 19.9 Å². The van der Waals surface area contributed by atoms with Gasteiger partial charge in [0, 0.05) is 0 Å². The molecule has 66 valence electrons. The summed E-state index contributed by atoms with van der Waals surface area (Å²) in [7, 11) is 0. The van der Waals surface area contributed by atoms with E-state index in [1.165, 1.54) is 0 Å². The molecule has 1 N–H and O–H groups in total. The van der Waals surface area contributed by atoms with Gasteiger partial charge in [-0.2, -0.15) is 0 Å². The molecule has 0 aromatic rings. The van der Waals surface area contributed by atoms with Crippen molar-refractivity contribution < 1.29 is 9.53 Å². The maximum Gasteiger partial charge on any atom is 0.408 e. The Morgan fingerprint density at radius 2 is 2.58 bits per heavy atom. The Kier molecular flexibility index (Phi) is 2.94. The van der Waals surface area contributed by atoms with Crippen LogP contribution >= 0.6 is 0 Å². The van der Waals surface area contributed by atoms with Crippen molar-refractivity contribution in [2.24, 2.45) is 0 Å². The van der Waals surface area contributed by atoms with Gasteiger partial charge >= 0.3 is 6.09 Å². The van der Waals surface area contributed by atoms with Crippen LogP contribution in [0.3, 0.4) is 0 Å². The third kappa shape index (κ3) is 1.89. The van der Waals surface area contributed by atoms with E-state index in [0.717, 1.165) is 12.8 Å². The number of cyclic esters (lactones) is 1. The minimum atomic E-state index is -0.343. The monoisotopic (exact) mass is 167 g/mol. The van der Waals surface area contributed by atoms with Crippen LogP contribution in [-0.4, -0.2) is 18.2 Å². The van der Waals surface area contributed by atoms with Gasteiger partial charge in [-0.15, -0.1) is 5.73 Å². The number of ether oxygens (including phenoxy) is 1. The standard InChI is InChI=1S/C9H13NO2/c1-3-5-7-8(6-4-2)12-9(11)10-7/h6-8H,2-3,5H2,1H3,(H,10,11)/t7-,8-/m0/s1. The maximum absolute atomic E-state index is 10.8. The van der Waals surface area contributed by atoms with Gasteiger partial charge in [-0.3, -0.25) is 0 Å². The fraction of sp³-hybridized carbons (Fsp3) is 0.556. The summed E-state index contributed by atoms with van der Waals surface area (Å²) in [6, 6.07) is 0.0942. The zero-order chi connectivity index (χ0) is 8.97. The number of alkyl carbamates (subject to hydrolysis) is 1. The average Bonchev–Trinajstić information content (AvgIpc) is 2.33. The lowest BCUT2D eigenvalue weighted by atomic mass is 10.1. The van der Waals surface area contributed by atoms with Gasteiger partial charge in [0.25, 0.3) is 0 Å². The van der Waals surface area contributed by atoms with Crippen LogP contribution in [-0.2, 0) is 4.74 Å². The molecule has 0 unspecified atom stereocenters. The lowest BCUT2D eigenvalue weighted by Crippen LogP contribution is -2.30. The predicted molar refractivity (Wildman–Crippen MR) is 45.8 cm³/mol. The first-order valence-electron chi connectivity index (χ1n) is 4.11. The van der Waals surface area contributed by atoms with Crippen molar-refractivity contribution in [3.8, 4) is 0 Å². The van der Waals surface area contributed by atoms with Crippen molar-refractivity contribution >= 4 is 6.09 Å². The van der Waals surface area contributed by atoms with Gasteiger partial charge in [0.1, 0.15) is 6.10 Å². The molecule has 12 heavy (non-hydrogen) atoms. The SMILES string of the molecule is C=C=C[C@@H]1OC(=O)N[C@H]1CCC. The first kappa shape index (κ1) is 8.88. The summed E-state index contributed by atoms with van der Waals surface area (Å²) in [4.78, 5) is 10.8. The fourth-order valence-electron chi connectivity index (χ4n) is 1.29. The summed E-state index contributed by atoms with van der Waals surface area (Å²) < 4.78 is 4.96. The number of rotatable bonds is 3. The zero-order valence-electron chi connectivity index (χ0n) is 7.17. The summed E-state index contributed by atoms with van der Waals surface area (Å²) in [6.07, 6.45) is 3.10. The molecule has 1 saturated heterocycles. The van der Waals surface area contributed by atoms with E-state index in [4.69, 9.17) is 4.74 Å². The summed E-state index contributed by atoms with van der Waals surface area (Å²) in [5.74, 6) is 0. The van der Waals surface area contributed by atoms with E-state index in [-0.39, 0.29) is 18.2 Å². The molecule has 1 aliphatic rings. The van der Waals surface area contributed by atoms with Crippen molar-refractivity contribution in [3.05, 3.63) is 18.4 Å². The van der Waals surface area contributed by atoms with E-state index in [2.05, 4.69) is 24.6 Å². The van der Waals surface area contributed by atoms with Crippen LogP contribution in [0.4, 0.5) is 4.79 Å². The minimum absolute atomic E-state index is 0.0942. The Labute approximate surface area is 72.1 Å². The van der Waals surface area contributed by atoms with Gasteiger partial charge in [0.2, 0.25) is 0 Å². The van der Waals surface area contributed by atoms with Crippen molar-refractivity contribution in [1.82, 2.24) is 5.32 Å². The van der Waals surface area contributed by atoms with E-state index >= 15 is 0 Å². The van der Waals surface area contributed by atoms with E-state index in [1.54, 1.807) is 6.08 Å². The second-order valence-corrected chi connectivity index (χ2v) is 2.78. The Balaban J connectivity index is 2.58. The number of carbonyl (C=O) groups is 1. The summed E-state index contributed by atoms with van der Waals surface area (Å²) in [5, 5.41) is 2.73. The van der Waals surface area contributed by atoms with E-state index in [1.807, 2.05) is 0 Å².